The minimum absolute atomic E-state index is 0.354. The van der Waals surface area contributed by atoms with E-state index in [4.69, 9.17) is 14.2 Å². The molecule has 0 bridgehead atoms. The summed E-state index contributed by atoms with van der Waals surface area (Å²) >= 11 is 0. The molecule has 0 aliphatic heterocycles. The standard InChI is InChI=1S/C24H34O7/c1-22(2,3)30-20(26)18-16(25)13-24(7,28)19(21(27)31-23(4,5)6)17(18)14-9-11-15(29-8)12-10-14/h9-12,17-19,28H,13H2,1-8H3/t17-,18+,19-,24+/m0/s1. The zero-order valence-electron chi connectivity index (χ0n) is 19.6. The van der Waals surface area contributed by atoms with Crippen molar-refractivity contribution in [1.29, 1.82) is 0 Å². The summed E-state index contributed by atoms with van der Waals surface area (Å²) in [4.78, 5) is 39.4. The molecule has 2 rings (SSSR count). The first-order valence-electron chi connectivity index (χ1n) is 10.4. The summed E-state index contributed by atoms with van der Waals surface area (Å²) in [5.41, 5.74) is -2.77. The maximum absolute atomic E-state index is 13.2. The number of hydrogen-bond donors (Lipinski definition) is 1. The summed E-state index contributed by atoms with van der Waals surface area (Å²) in [6.07, 6.45) is -0.354. The molecule has 0 aromatic heterocycles. The third-order valence-corrected chi connectivity index (χ3v) is 5.09. The first-order valence-corrected chi connectivity index (χ1v) is 10.4. The van der Waals surface area contributed by atoms with Crippen molar-refractivity contribution in [2.24, 2.45) is 11.8 Å². The number of hydrogen-bond acceptors (Lipinski definition) is 7. The number of methoxy groups -OCH3 is 1. The van der Waals surface area contributed by atoms with E-state index in [1.807, 2.05) is 0 Å². The van der Waals surface area contributed by atoms with Gasteiger partial charge in [-0.25, -0.2) is 0 Å². The Balaban J connectivity index is 2.63. The molecule has 7 nitrogen and oxygen atoms in total. The monoisotopic (exact) mass is 434 g/mol. The minimum Gasteiger partial charge on any atom is -0.497 e. The van der Waals surface area contributed by atoms with Crippen LogP contribution in [-0.4, -0.2) is 46.7 Å². The van der Waals surface area contributed by atoms with Crippen molar-refractivity contribution < 1.29 is 33.7 Å². The molecular weight excluding hydrogens is 400 g/mol. The molecule has 1 saturated carbocycles. The largest absolute Gasteiger partial charge is 0.497 e. The van der Waals surface area contributed by atoms with Gasteiger partial charge < -0.3 is 19.3 Å². The SMILES string of the molecule is COc1ccc([C@H]2[C@H](C(=O)OC(C)(C)C)C(=O)C[C@@](C)(O)[C@@H]2C(=O)OC(C)(C)C)cc1. The average Bonchev–Trinajstić information content (AvgIpc) is 2.56. The Morgan fingerprint density at radius 2 is 1.45 bits per heavy atom. The maximum Gasteiger partial charge on any atom is 0.317 e. The highest BCUT2D eigenvalue weighted by atomic mass is 16.6. The predicted molar refractivity (Wildman–Crippen MR) is 115 cm³/mol. The number of ether oxygens (including phenoxy) is 3. The molecule has 1 aromatic carbocycles. The van der Waals surface area contributed by atoms with Crippen molar-refractivity contribution in [3.05, 3.63) is 29.8 Å². The number of Topliss-reactive ketones (excluding diaryl/α,β-unsaturated/α-hetero) is 1. The lowest BCUT2D eigenvalue weighted by atomic mass is 9.61. The molecule has 0 saturated heterocycles. The molecule has 0 amide bonds. The smallest absolute Gasteiger partial charge is 0.317 e. The normalized spacial score (nSPS) is 26.9. The van der Waals surface area contributed by atoms with E-state index in [-0.39, 0.29) is 6.42 Å². The van der Waals surface area contributed by atoms with Crippen molar-refractivity contribution in [3.8, 4) is 5.75 Å². The van der Waals surface area contributed by atoms with Crippen LogP contribution in [0.15, 0.2) is 24.3 Å². The molecule has 7 heteroatoms. The number of rotatable bonds is 4. The van der Waals surface area contributed by atoms with Gasteiger partial charge in [-0.05, 0) is 66.2 Å². The predicted octanol–water partition coefficient (Wildman–Crippen LogP) is 3.42. The van der Waals surface area contributed by atoms with Crippen molar-refractivity contribution in [1.82, 2.24) is 0 Å². The van der Waals surface area contributed by atoms with E-state index in [2.05, 4.69) is 0 Å². The summed E-state index contributed by atoms with van der Waals surface area (Å²) in [5, 5.41) is 11.1. The van der Waals surface area contributed by atoms with Crippen LogP contribution >= 0.6 is 0 Å². The van der Waals surface area contributed by atoms with E-state index in [1.165, 1.54) is 14.0 Å². The van der Waals surface area contributed by atoms with Gasteiger partial charge in [-0.1, -0.05) is 12.1 Å². The summed E-state index contributed by atoms with van der Waals surface area (Å²) < 4.78 is 16.3. The highest BCUT2D eigenvalue weighted by Gasteiger charge is 2.57. The summed E-state index contributed by atoms with van der Waals surface area (Å²) in [5.74, 6) is -4.62. The second-order valence-electron chi connectivity index (χ2n) is 10.3. The topological polar surface area (TPSA) is 99.1 Å². The van der Waals surface area contributed by atoms with Crippen LogP contribution in [0.4, 0.5) is 0 Å². The molecule has 0 unspecified atom stereocenters. The lowest BCUT2D eigenvalue weighted by Crippen LogP contribution is -2.56. The Bertz CT molecular complexity index is 825. The van der Waals surface area contributed by atoms with Crippen LogP contribution in [-0.2, 0) is 23.9 Å². The van der Waals surface area contributed by atoms with Gasteiger partial charge in [0.05, 0.1) is 18.6 Å². The molecule has 172 valence electrons. The van der Waals surface area contributed by atoms with Gasteiger partial charge in [0.2, 0.25) is 0 Å². The van der Waals surface area contributed by atoms with Gasteiger partial charge in [-0.2, -0.15) is 0 Å². The van der Waals surface area contributed by atoms with Crippen LogP contribution in [0.1, 0.15) is 66.4 Å². The van der Waals surface area contributed by atoms with E-state index < -0.39 is 52.3 Å². The van der Waals surface area contributed by atoms with Gasteiger partial charge in [0, 0.05) is 12.3 Å². The van der Waals surface area contributed by atoms with Crippen LogP contribution in [0.3, 0.4) is 0 Å². The number of ketones is 1. The molecule has 1 aliphatic rings. The van der Waals surface area contributed by atoms with Crippen molar-refractivity contribution in [2.45, 2.75) is 77.6 Å². The number of carbonyl (C=O) groups excluding carboxylic acids is 3. The lowest BCUT2D eigenvalue weighted by Gasteiger charge is -2.44. The maximum atomic E-state index is 13.2. The van der Waals surface area contributed by atoms with Gasteiger partial charge in [0.25, 0.3) is 0 Å². The number of benzene rings is 1. The summed E-state index contributed by atoms with van der Waals surface area (Å²) in [7, 11) is 1.52. The molecule has 1 fully saturated rings. The Morgan fingerprint density at radius 1 is 0.968 bits per heavy atom. The van der Waals surface area contributed by atoms with Gasteiger partial charge >= 0.3 is 11.9 Å². The van der Waals surface area contributed by atoms with E-state index in [1.54, 1.807) is 65.8 Å². The van der Waals surface area contributed by atoms with Crippen molar-refractivity contribution in [3.63, 3.8) is 0 Å². The Morgan fingerprint density at radius 3 is 1.90 bits per heavy atom. The van der Waals surface area contributed by atoms with Crippen LogP contribution in [0.25, 0.3) is 0 Å². The summed E-state index contributed by atoms with van der Waals surface area (Å²) in [6, 6.07) is 6.74. The number of aliphatic hydroxyl groups is 1. The Labute approximate surface area is 184 Å². The molecule has 0 radical (unpaired) electrons. The van der Waals surface area contributed by atoms with Crippen LogP contribution in [0.5, 0.6) is 5.75 Å². The lowest BCUT2D eigenvalue weighted by molar-refractivity contribution is -0.182. The quantitative estimate of drug-likeness (QED) is 0.573. The zero-order chi connectivity index (χ0) is 23.8. The minimum atomic E-state index is -1.69. The first-order chi connectivity index (χ1) is 14.1. The molecule has 31 heavy (non-hydrogen) atoms. The molecule has 1 N–H and O–H groups in total. The Kier molecular flexibility index (Phi) is 6.91. The molecule has 1 aromatic rings. The molecule has 0 heterocycles. The van der Waals surface area contributed by atoms with E-state index in [9.17, 15) is 19.5 Å². The molecule has 4 atom stereocenters. The van der Waals surface area contributed by atoms with Crippen LogP contribution in [0.2, 0.25) is 0 Å². The highest BCUT2D eigenvalue weighted by molar-refractivity contribution is 6.03. The number of carbonyl (C=O) groups is 3. The van der Waals surface area contributed by atoms with E-state index in [0.29, 0.717) is 11.3 Å². The molecular formula is C24H34O7. The third-order valence-electron chi connectivity index (χ3n) is 5.09. The zero-order valence-corrected chi connectivity index (χ0v) is 19.6. The van der Waals surface area contributed by atoms with Gasteiger partial charge in [0.15, 0.2) is 5.78 Å². The summed E-state index contributed by atoms with van der Waals surface area (Å²) in [6.45, 7) is 11.7. The second-order valence-corrected chi connectivity index (χ2v) is 10.3. The fourth-order valence-electron chi connectivity index (χ4n) is 3.97. The number of esters is 2. The highest BCUT2D eigenvalue weighted by Crippen LogP contribution is 2.47. The fourth-order valence-corrected chi connectivity index (χ4v) is 3.97. The van der Waals surface area contributed by atoms with Gasteiger partial charge in [-0.15, -0.1) is 0 Å². The van der Waals surface area contributed by atoms with Crippen molar-refractivity contribution >= 4 is 17.7 Å². The second kappa shape index (κ2) is 8.61. The van der Waals surface area contributed by atoms with E-state index in [0.717, 1.165) is 0 Å². The van der Waals surface area contributed by atoms with E-state index >= 15 is 0 Å². The fraction of sp³-hybridized carbons (Fsp3) is 0.625. The van der Waals surface area contributed by atoms with Crippen LogP contribution in [0, 0.1) is 11.8 Å². The molecule has 1 aliphatic carbocycles. The van der Waals surface area contributed by atoms with Crippen molar-refractivity contribution in [2.75, 3.05) is 7.11 Å². The average molecular weight is 435 g/mol. The molecule has 0 spiro atoms. The Hall–Kier alpha value is -2.41. The van der Waals surface area contributed by atoms with Gasteiger partial charge in [0.1, 0.15) is 22.9 Å². The van der Waals surface area contributed by atoms with Gasteiger partial charge in [-0.3, -0.25) is 14.4 Å². The third kappa shape index (κ3) is 6.06. The van der Waals surface area contributed by atoms with Crippen LogP contribution < -0.4 is 4.74 Å². The first kappa shape index (κ1) is 24.9.